The number of carbonyl (C=O) groups is 1. The number of likely N-dealkylation sites (tertiary alicyclic amines) is 2. The summed E-state index contributed by atoms with van der Waals surface area (Å²) in [6, 6.07) is 1.61. The Labute approximate surface area is 223 Å². The number of ether oxygens (including phenoxy) is 1. The standard InChI is InChI=1S/C26H34F4N6O3/c1-24(2,28)13-35-12-20(26(29,30)14-35)32-22(37)15-4-7-36(25(10-15)5-6-25)23(38)19-9-18(33-34-19)16-8-21(39-3)31-11-17(16)27/h8-9,11,15,20,23,38H,4-7,10,12-14H2,1-3H3,(H,32,37)(H,33,34)/t15-,20+,23?/m0/s1. The zero-order valence-corrected chi connectivity index (χ0v) is 22.2. The number of aromatic amines is 1. The van der Waals surface area contributed by atoms with Crippen molar-refractivity contribution >= 4 is 5.91 Å². The maximum atomic E-state index is 14.6. The fraction of sp³-hybridized carbons (Fsp3) is 0.654. The van der Waals surface area contributed by atoms with Crippen LogP contribution in [0, 0.1) is 11.7 Å². The number of hydrogen-bond acceptors (Lipinski definition) is 7. The Bertz CT molecular complexity index is 1210. The van der Waals surface area contributed by atoms with Crippen LogP contribution in [0.15, 0.2) is 18.3 Å². The molecule has 1 unspecified atom stereocenters. The molecular weight excluding hydrogens is 520 g/mol. The molecule has 3 fully saturated rings. The third kappa shape index (κ3) is 5.75. The van der Waals surface area contributed by atoms with E-state index in [1.807, 2.05) is 4.90 Å². The first-order chi connectivity index (χ1) is 18.3. The maximum absolute atomic E-state index is 14.6. The summed E-state index contributed by atoms with van der Waals surface area (Å²) in [5, 5.41) is 20.6. The average Bonchev–Trinajstić information content (AvgIpc) is 3.32. The Hall–Kier alpha value is -2.77. The van der Waals surface area contributed by atoms with Crippen molar-refractivity contribution in [1.82, 2.24) is 30.3 Å². The van der Waals surface area contributed by atoms with Crippen molar-refractivity contribution in [3.8, 4) is 17.1 Å². The summed E-state index contributed by atoms with van der Waals surface area (Å²) in [4.78, 5) is 20.1. The summed E-state index contributed by atoms with van der Waals surface area (Å²) >= 11 is 0. The molecule has 1 aliphatic carbocycles. The molecule has 1 spiro atoms. The quantitative estimate of drug-likeness (QED) is 0.431. The molecule has 1 saturated carbocycles. The molecule has 214 valence electrons. The van der Waals surface area contributed by atoms with Crippen molar-refractivity contribution in [3.63, 3.8) is 0 Å². The number of aromatic nitrogens is 3. The van der Waals surface area contributed by atoms with Gasteiger partial charge < -0.3 is 15.2 Å². The highest BCUT2D eigenvalue weighted by atomic mass is 19.3. The molecule has 3 atom stereocenters. The molecule has 39 heavy (non-hydrogen) atoms. The number of hydrogen-bond donors (Lipinski definition) is 3. The van der Waals surface area contributed by atoms with E-state index in [1.54, 1.807) is 6.07 Å². The first-order valence-electron chi connectivity index (χ1n) is 13.1. The Kier molecular flexibility index (Phi) is 7.13. The number of carbonyl (C=O) groups excluding carboxylic acids is 1. The highest BCUT2D eigenvalue weighted by Gasteiger charge is 2.56. The van der Waals surface area contributed by atoms with Crippen molar-refractivity contribution in [1.29, 1.82) is 0 Å². The summed E-state index contributed by atoms with van der Waals surface area (Å²) in [5.41, 5.74) is -1.21. The average molecular weight is 555 g/mol. The van der Waals surface area contributed by atoms with Crippen LogP contribution in [0.3, 0.4) is 0 Å². The van der Waals surface area contributed by atoms with E-state index in [-0.39, 0.29) is 24.5 Å². The van der Waals surface area contributed by atoms with Gasteiger partial charge in [0.1, 0.15) is 17.4 Å². The predicted molar refractivity (Wildman–Crippen MR) is 133 cm³/mol. The van der Waals surface area contributed by atoms with Crippen LogP contribution in [-0.2, 0) is 4.79 Å². The number of nitrogens with zero attached hydrogens (tertiary/aromatic N) is 4. The summed E-state index contributed by atoms with van der Waals surface area (Å²) in [6.45, 7) is 2.20. The molecule has 0 radical (unpaired) electrons. The number of rotatable bonds is 8. The third-order valence-corrected chi connectivity index (χ3v) is 7.94. The molecular formula is C26H34F4N6O3. The monoisotopic (exact) mass is 554 g/mol. The second-order valence-corrected chi connectivity index (χ2v) is 11.6. The first-order valence-corrected chi connectivity index (χ1v) is 13.1. The van der Waals surface area contributed by atoms with Gasteiger partial charge in [-0.05, 0) is 45.6 Å². The minimum Gasteiger partial charge on any atom is -0.481 e. The summed E-state index contributed by atoms with van der Waals surface area (Å²) in [5.74, 6) is -4.41. The highest BCUT2D eigenvalue weighted by Crippen LogP contribution is 2.52. The molecule has 1 amide bonds. The van der Waals surface area contributed by atoms with Crippen LogP contribution in [0.2, 0.25) is 0 Å². The molecule has 0 bridgehead atoms. The van der Waals surface area contributed by atoms with Crippen molar-refractivity contribution in [2.45, 2.75) is 68.9 Å². The molecule has 3 aliphatic rings. The van der Waals surface area contributed by atoms with Gasteiger partial charge in [-0.2, -0.15) is 5.10 Å². The number of piperidine rings is 1. The van der Waals surface area contributed by atoms with Gasteiger partial charge in [-0.25, -0.2) is 22.5 Å². The van der Waals surface area contributed by atoms with E-state index in [1.165, 1.54) is 31.9 Å². The van der Waals surface area contributed by atoms with Crippen LogP contribution < -0.4 is 10.1 Å². The van der Waals surface area contributed by atoms with E-state index < -0.39 is 53.6 Å². The van der Waals surface area contributed by atoms with E-state index in [9.17, 15) is 27.5 Å². The van der Waals surface area contributed by atoms with Crippen LogP contribution in [0.4, 0.5) is 17.6 Å². The van der Waals surface area contributed by atoms with Gasteiger partial charge in [0.25, 0.3) is 5.92 Å². The van der Waals surface area contributed by atoms with E-state index in [2.05, 4.69) is 20.5 Å². The van der Waals surface area contributed by atoms with Crippen molar-refractivity contribution in [2.24, 2.45) is 5.92 Å². The van der Waals surface area contributed by atoms with Gasteiger partial charge in [0.2, 0.25) is 11.8 Å². The SMILES string of the molecule is COc1cc(-c2cc(C(O)N3CC[C@H](C(=O)N[C@@H]4CN(CC(C)(C)F)CC4(F)F)CC34CC4)n[nH]2)c(F)cn1. The zero-order valence-electron chi connectivity index (χ0n) is 22.2. The molecule has 2 saturated heterocycles. The van der Waals surface area contributed by atoms with Gasteiger partial charge in [-0.15, -0.1) is 0 Å². The topological polar surface area (TPSA) is 107 Å². The van der Waals surface area contributed by atoms with Crippen LogP contribution in [-0.4, -0.2) is 92.5 Å². The number of amides is 1. The lowest BCUT2D eigenvalue weighted by Gasteiger charge is -2.42. The molecule has 0 aromatic carbocycles. The van der Waals surface area contributed by atoms with Gasteiger partial charge >= 0.3 is 0 Å². The normalized spacial score (nSPS) is 25.5. The summed E-state index contributed by atoms with van der Waals surface area (Å²) in [7, 11) is 1.42. The number of nitrogens with one attached hydrogen (secondary N) is 2. The fourth-order valence-corrected chi connectivity index (χ4v) is 5.91. The van der Waals surface area contributed by atoms with E-state index in [0.717, 1.165) is 19.0 Å². The van der Waals surface area contributed by atoms with Gasteiger partial charge in [0.15, 0.2) is 12.0 Å². The zero-order chi connectivity index (χ0) is 28.2. The lowest BCUT2D eigenvalue weighted by molar-refractivity contribution is -0.134. The number of H-pyrrole nitrogens is 1. The maximum Gasteiger partial charge on any atom is 0.281 e. The van der Waals surface area contributed by atoms with Crippen LogP contribution >= 0.6 is 0 Å². The molecule has 13 heteroatoms. The number of aliphatic hydroxyl groups excluding tert-OH is 1. The molecule has 5 rings (SSSR count). The number of aliphatic hydroxyl groups is 1. The van der Waals surface area contributed by atoms with Crippen LogP contribution in [0.5, 0.6) is 5.88 Å². The summed E-state index contributed by atoms with van der Waals surface area (Å²) in [6.07, 6.45) is 2.24. The lowest BCUT2D eigenvalue weighted by atomic mass is 9.87. The van der Waals surface area contributed by atoms with Crippen LogP contribution in [0.25, 0.3) is 11.3 Å². The van der Waals surface area contributed by atoms with Gasteiger partial charge in [0.05, 0.1) is 25.5 Å². The summed E-state index contributed by atoms with van der Waals surface area (Å²) < 4.78 is 62.6. The fourth-order valence-electron chi connectivity index (χ4n) is 5.91. The molecule has 2 aliphatic heterocycles. The van der Waals surface area contributed by atoms with Gasteiger partial charge in [-0.1, -0.05) is 0 Å². The van der Waals surface area contributed by atoms with E-state index in [4.69, 9.17) is 4.74 Å². The second-order valence-electron chi connectivity index (χ2n) is 11.6. The highest BCUT2D eigenvalue weighted by molar-refractivity contribution is 5.79. The minimum atomic E-state index is -3.15. The van der Waals surface area contributed by atoms with Crippen molar-refractivity contribution in [3.05, 3.63) is 29.8 Å². The molecule has 4 heterocycles. The van der Waals surface area contributed by atoms with Crippen molar-refractivity contribution in [2.75, 3.05) is 33.3 Å². The largest absolute Gasteiger partial charge is 0.481 e. The molecule has 2 aromatic heterocycles. The Morgan fingerprint density at radius 1 is 1.36 bits per heavy atom. The number of pyridine rings is 1. The minimum absolute atomic E-state index is 0.111. The second kappa shape index (κ2) is 10.0. The van der Waals surface area contributed by atoms with Crippen LogP contribution in [0.1, 0.15) is 51.5 Å². The lowest BCUT2D eigenvalue weighted by Crippen LogP contribution is -2.53. The smallest absolute Gasteiger partial charge is 0.281 e. The van der Waals surface area contributed by atoms with E-state index in [0.29, 0.717) is 30.8 Å². The predicted octanol–water partition coefficient (Wildman–Crippen LogP) is 3.04. The first kappa shape index (κ1) is 27.8. The Morgan fingerprint density at radius 2 is 2.10 bits per heavy atom. The van der Waals surface area contributed by atoms with Gasteiger partial charge in [-0.3, -0.25) is 19.7 Å². The Morgan fingerprint density at radius 3 is 2.77 bits per heavy atom. The van der Waals surface area contributed by atoms with Crippen molar-refractivity contribution < 1.29 is 32.2 Å². The van der Waals surface area contributed by atoms with E-state index >= 15 is 0 Å². The number of halogens is 4. The number of alkyl halides is 3. The molecule has 2 aromatic rings. The number of methoxy groups -OCH3 is 1. The molecule has 3 N–H and O–H groups in total. The van der Waals surface area contributed by atoms with Gasteiger partial charge in [0, 0.05) is 42.7 Å². The molecule has 9 nitrogen and oxygen atoms in total. The third-order valence-electron chi connectivity index (χ3n) is 7.94. The Balaban J connectivity index is 1.23.